The minimum absolute atomic E-state index is 0.190. The maximum Gasteiger partial charge on any atom is 0.338 e. The number of furan rings is 1. The Kier molecular flexibility index (Phi) is 7.87. The lowest BCUT2D eigenvalue weighted by molar-refractivity contribution is -0.139. The molecule has 10 heteroatoms. The first kappa shape index (κ1) is 26.3. The van der Waals surface area contributed by atoms with E-state index in [1.54, 1.807) is 52.3 Å². The highest BCUT2D eigenvalue weighted by molar-refractivity contribution is 7.07. The lowest BCUT2D eigenvalue weighted by Gasteiger charge is -2.26. The zero-order valence-electron chi connectivity index (χ0n) is 21.9. The molecule has 0 radical (unpaired) electrons. The Labute approximate surface area is 218 Å². The number of benzene rings is 1. The van der Waals surface area contributed by atoms with Crippen molar-refractivity contribution in [2.24, 2.45) is 4.99 Å². The van der Waals surface area contributed by atoms with Gasteiger partial charge in [0, 0.05) is 30.8 Å². The number of carbonyl (C=O) groups excluding carboxylic acids is 1. The molecule has 0 spiro atoms. The van der Waals surface area contributed by atoms with E-state index in [0.717, 1.165) is 19.0 Å². The highest BCUT2D eigenvalue weighted by atomic mass is 32.1. The summed E-state index contributed by atoms with van der Waals surface area (Å²) in [5.74, 6) is 1.83. The Hall–Kier alpha value is -3.79. The number of carbonyl (C=O) groups is 1. The van der Waals surface area contributed by atoms with Crippen LogP contribution in [0.3, 0.4) is 0 Å². The smallest absolute Gasteiger partial charge is 0.338 e. The molecule has 0 N–H and O–H groups in total. The third-order valence-electron chi connectivity index (χ3n) is 6.21. The number of fused-ring (bicyclic) bond motifs is 1. The molecule has 0 fully saturated rings. The molecule has 1 aliphatic heterocycles. The van der Waals surface area contributed by atoms with Crippen molar-refractivity contribution in [1.82, 2.24) is 4.57 Å². The Morgan fingerprint density at radius 2 is 1.92 bits per heavy atom. The van der Waals surface area contributed by atoms with Crippen molar-refractivity contribution < 1.29 is 23.4 Å². The number of nitrogens with zero attached hydrogens (tertiary/aromatic N) is 3. The molecular weight excluding hydrogens is 494 g/mol. The van der Waals surface area contributed by atoms with E-state index in [2.05, 4.69) is 23.7 Å². The van der Waals surface area contributed by atoms with Gasteiger partial charge in [0.05, 0.1) is 36.6 Å². The van der Waals surface area contributed by atoms with E-state index in [-0.39, 0.29) is 17.7 Å². The maximum atomic E-state index is 13.8. The molecule has 1 aromatic carbocycles. The van der Waals surface area contributed by atoms with Crippen molar-refractivity contribution in [3.05, 3.63) is 72.6 Å². The predicted octanol–water partition coefficient (Wildman–Crippen LogP) is 3.25. The van der Waals surface area contributed by atoms with E-state index < -0.39 is 12.0 Å². The average Bonchev–Trinajstić information content (AvgIpc) is 3.48. The predicted molar refractivity (Wildman–Crippen MR) is 142 cm³/mol. The van der Waals surface area contributed by atoms with E-state index >= 15 is 0 Å². The molecule has 0 bridgehead atoms. The Bertz CT molecular complexity index is 1510. The number of hydrogen-bond acceptors (Lipinski definition) is 9. The van der Waals surface area contributed by atoms with Gasteiger partial charge in [-0.3, -0.25) is 9.36 Å². The number of thiazole rings is 1. The van der Waals surface area contributed by atoms with Crippen LogP contribution in [0.1, 0.15) is 45.1 Å². The Balaban J connectivity index is 1.94. The van der Waals surface area contributed by atoms with Gasteiger partial charge in [-0.25, -0.2) is 9.79 Å². The number of hydrogen-bond donors (Lipinski definition) is 0. The van der Waals surface area contributed by atoms with Crippen LogP contribution >= 0.6 is 11.3 Å². The van der Waals surface area contributed by atoms with Gasteiger partial charge in [0.2, 0.25) is 0 Å². The van der Waals surface area contributed by atoms with Gasteiger partial charge in [-0.2, -0.15) is 0 Å². The van der Waals surface area contributed by atoms with Gasteiger partial charge in [-0.15, -0.1) is 0 Å². The third-order valence-corrected chi connectivity index (χ3v) is 7.19. The van der Waals surface area contributed by atoms with E-state index in [9.17, 15) is 9.59 Å². The largest absolute Gasteiger partial charge is 0.497 e. The van der Waals surface area contributed by atoms with Gasteiger partial charge < -0.3 is 23.5 Å². The number of methoxy groups -OCH3 is 2. The van der Waals surface area contributed by atoms with Gasteiger partial charge in [-0.05, 0) is 52.0 Å². The first-order valence-electron chi connectivity index (χ1n) is 12.1. The van der Waals surface area contributed by atoms with Crippen molar-refractivity contribution in [3.63, 3.8) is 0 Å². The van der Waals surface area contributed by atoms with E-state index in [1.807, 2.05) is 12.1 Å². The van der Waals surface area contributed by atoms with Crippen LogP contribution in [0.5, 0.6) is 11.5 Å². The molecule has 196 valence electrons. The molecule has 1 aliphatic rings. The molecule has 37 heavy (non-hydrogen) atoms. The molecule has 0 saturated heterocycles. The topological polar surface area (TPSA) is 95.5 Å². The van der Waals surface area contributed by atoms with E-state index in [1.165, 1.54) is 15.9 Å². The molecule has 1 atom stereocenters. The Morgan fingerprint density at radius 3 is 2.57 bits per heavy atom. The molecule has 0 unspecified atom stereocenters. The van der Waals surface area contributed by atoms with E-state index in [0.29, 0.717) is 37.9 Å². The second-order valence-corrected chi connectivity index (χ2v) is 9.27. The molecule has 3 heterocycles. The highest BCUT2D eigenvalue weighted by Crippen LogP contribution is 2.37. The average molecular weight is 526 g/mol. The summed E-state index contributed by atoms with van der Waals surface area (Å²) >= 11 is 1.23. The standard InChI is InChI=1S/C27H31N3O6S/c1-7-29(8-2)22-13-11-18(36-22)15-21-25(31)30-24(19-14-17(33-5)10-12-20(19)34-6)23(26(32)35-9-3)16(4)28-27(30)37-21/h10-15,24H,7-9H2,1-6H3/b21-15+/t24-/m1/s1. The van der Waals surface area contributed by atoms with Gasteiger partial charge >= 0.3 is 5.97 Å². The molecule has 2 aromatic heterocycles. The van der Waals surface area contributed by atoms with Gasteiger partial charge in [-0.1, -0.05) is 11.3 Å². The first-order chi connectivity index (χ1) is 17.9. The fourth-order valence-corrected chi connectivity index (χ4v) is 5.42. The van der Waals surface area contributed by atoms with Crippen LogP contribution in [0.15, 0.2) is 55.8 Å². The SMILES string of the molecule is CCOC(=O)C1=C(C)N=c2s/c(=C/c3ccc(N(CC)CC)o3)c(=O)n2[C@@H]1c1cc(OC)ccc1OC. The van der Waals surface area contributed by atoms with Crippen LogP contribution in [-0.4, -0.2) is 44.5 Å². The summed E-state index contributed by atoms with van der Waals surface area (Å²) in [6.07, 6.45) is 1.71. The molecule has 9 nitrogen and oxygen atoms in total. The fraction of sp³-hybridized carbons (Fsp3) is 0.370. The summed E-state index contributed by atoms with van der Waals surface area (Å²) in [6, 6.07) is 8.19. The molecule has 4 rings (SSSR count). The zero-order valence-corrected chi connectivity index (χ0v) is 22.7. The summed E-state index contributed by atoms with van der Waals surface area (Å²) in [5, 5.41) is 0. The summed E-state index contributed by atoms with van der Waals surface area (Å²) in [6.45, 7) is 9.40. The minimum Gasteiger partial charge on any atom is -0.497 e. The number of aromatic nitrogens is 1. The molecule has 3 aromatic rings. The van der Waals surface area contributed by atoms with Crippen LogP contribution in [0.2, 0.25) is 0 Å². The maximum absolute atomic E-state index is 13.8. The summed E-state index contributed by atoms with van der Waals surface area (Å²) in [4.78, 5) is 34.1. The summed E-state index contributed by atoms with van der Waals surface area (Å²) < 4.78 is 24.4. The van der Waals surface area contributed by atoms with E-state index in [4.69, 9.17) is 18.6 Å². The third kappa shape index (κ3) is 4.93. The lowest BCUT2D eigenvalue weighted by atomic mass is 9.95. The lowest BCUT2D eigenvalue weighted by Crippen LogP contribution is -2.40. The summed E-state index contributed by atoms with van der Waals surface area (Å²) in [7, 11) is 3.10. The number of ether oxygens (including phenoxy) is 3. The fourth-order valence-electron chi connectivity index (χ4n) is 4.39. The van der Waals surface area contributed by atoms with Crippen molar-refractivity contribution in [3.8, 4) is 11.5 Å². The van der Waals surface area contributed by atoms with Crippen LogP contribution in [-0.2, 0) is 9.53 Å². The van der Waals surface area contributed by atoms with Gasteiger partial charge in [0.25, 0.3) is 5.56 Å². The number of anilines is 1. The number of rotatable bonds is 9. The van der Waals surface area contributed by atoms with Crippen molar-refractivity contribution in [2.45, 2.75) is 33.7 Å². The zero-order chi connectivity index (χ0) is 26.7. The van der Waals surface area contributed by atoms with Crippen LogP contribution in [0.4, 0.5) is 5.88 Å². The number of allylic oxidation sites excluding steroid dienone is 1. The van der Waals surface area contributed by atoms with Crippen molar-refractivity contribution in [1.29, 1.82) is 0 Å². The van der Waals surface area contributed by atoms with Crippen molar-refractivity contribution >= 4 is 29.3 Å². The first-order valence-corrected chi connectivity index (χ1v) is 12.9. The summed E-state index contributed by atoms with van der Waals surface area (Å²) in [5.41, 5.74) is 1.04. The second kappa shape index (κ2) is 11.1. The van der Waals surface area contributed by atoms with Crippen LogP contribution in [0, 0.1) is 0 Å². The normalized spacial score (nSPS) is 15.3. The molecular formula is C27H31N3O6S. The number of esters is 1. The van der Waals surface area contributed by atoms with Crippen molar-refractivity contribution in [2.75, 3.05) is 38.8 Å². The molecule has 0 amide bonds. The Morgan fingerprint density at radius 1 is 1.16 bits per heavy atom. The highest BCUT2D eigenvalue weighted by Gasteiger charge is 2.35. The van der Waals surface area contributed by atoms with Gasteiger partial charge in [0.1, 0.15) is 23.3 Å². The van der Waals surface area contributed by atoms with Crippen LogP contribution in [0.25, 0.3) is 6.08 Å². The van der Waals surface area contributed by atoms with Gasteiger partial charge in [0.15, 0.2) is 10.7 Å². The second-order valence-electron chi connectivity index (χ2n) is 8.26. The molecule has 0 saturated carbocycles. The minimum atomic E-state index is -0.815. The van der Waals surface area contributed by atoms with Crippen LogP contribution < -0.4 is 29.3 Å². The quantitative estimate of drug-likeness (QED) is 0.396. The monoisotopic (exact) mass is 525 g/mol. The molecule has 0 aliphatic carbocycles.